The van der Waals surface area contributed by atoms with Gasteiger partial charge in [-0.15, -0.1) is 0 Å². The number of carbonyl (C=O) groups is 1. The number of esters is 1. The Morgan fingerprint density at radius 1 is 1.52 bits per heavy atom. The molecule has 2 aromatic rings. The number of carbonyl (C=O) groups excluding carboxylic acids is 1. The molecule has 0 aliphatic rings. The van der Waals surface area contributed by atoms with Crippen LogP contribution in [0.15, 0.2) is 30.7 Å². The molecule has 1 aromatic carbocycles. The minimum absolute atomic E-state index is 0.0901. The second kappa shape index (κ2) is 7.01. The number of hydrogen-bond donors (Lipinski definition) is 1. The molecular weight excluding hydrogens is 300 g/mol. The van der Waals surface area contributed by atoms with Gasteiger partial charge in [-0.1, -0.05) is 6.07 Å². The number of aromatic nitrogens is 2. The highest BCUT2D eigenvalue weighted by atomic mass is 16.6. The van der Waals surface area contributed by atoms with E-state index in [1.807, 2.05) is 4.57 Å². The van der Waals surface area contributed by atoms with E-state index < -0.39 is 16.9 Å². The van der Waals surface area contributed by atoms with Crippen molar-refractivity contribution in [2.45, 2.75) is 25.9 Å². The summed E-state index contributed by atoms with van der Waals surface area (Å²) in [4.78, 5) is 25.9. The number of hydrogen-bond acceptors (Lipinski definition) is 6. The summed E-state index contributed by atoms with van der Waals surface area (Å²) < 4.78 is 6.46. The first-order chi connectivity index (χ1) is 10.9. The number of benzene rings is 1. The Kier molecular flexibility index (Phi) is 5.07. The summed E-state index contributed by atoms with van der Waals surface area (Å²) in [5.41, 5.74) is 8.15. The van der Waals surface area contributed by atoms with Crippen LogP contribution in [0.4, 0.5) is 5.69 Å². The Balaban J connectivity index is 2.16. The second-order valence-corrected chi connectivity index (χ2v) is 5.22. The third kappa shape index (κ3) is 3.92. The number of rotatable bonds is 6. The molecule has 0 amide bonds. The Bertz CT molecular complexity index is 726. The maximum atomic E-state index is 11.4. The number of imidazole rings is 1. The molecule has 0 fully saturated rings. The third-order valence-corrected chi connectivity index (χ3v) is 3.54. The molecule has 1 aromatic heterocycles. The predicted molar refractivity (Wildman–Crippen MR) is 82.9 cm³/mol. The van der Waals surface area contributed by atoms with Crippen LogP contribution in [0.25, 0.3) is 0 Å². The number of ether oxygens (including phenoxy) is 1. The van der Waals surface area contributed by atoms with Crippen molar-refractivity contribution in [2.24, 2.45) is 5.73 Å². The molecule has 0 spiro atoms. The molecule has 0 radical (unpaired) electrons. The number of aryl methyl sites for hydroxylation is 1. The first-order valence-electron chi connectivity index (χ1n) is 6.98. The molecule has 8 nitrogen and oxygen atoms in total. The van der Waals surface area contributed by atoms with E-state index in [0.29, 0.717) is 18.5 Å². The summed E-state index contributed by atoms with van der Waals surface area (Å²) in [6, 6.07) is 4.20. The minimum atomic E-state index is -0.756. The first kappa shape index (κ1) is 16.6. The third-order valence-electron chi connectivity index (χ3n) is 3.54. The molecule has 0 bridgehead atoms. The maximum absolute atomic E-state index is 11.4. The summed E-state index contributed by atoms with van der Waals surface area (Å²) in [5, 5.41) is 10.9. The smallest absolute Gasteiger partial charge is 0.323 e. The minimum Gasteiger partial charge on any atom is -0.468 e. The van der Waals surface area contributed by atoms with Gasteiger partial charge >= 0.3 is 5.97 Å². The van der Waals surface area contributed by atoms with Crippen LogP contribution < -0.4 is 5.73 Å². The molecule has 1 heterocycles. The summed E-state index contributed by atoms with van der Waals surface area (Å²) in [6.45, 7) is 2.19. The van der Waals surface area contributed by atoms with Gasteiger partial charge in [-0.2, -0.15) is 0 Å². The van der Waals surface area contributed by atoms with Gasteiger partial charge in [0.25, 0.3) is 5.69 Å². The predicted octanol–water partition coefficient (Wildman–Crippen LogP) is 1.19. The lowest BCUT2D eigenvalue weighted by Gasteiger charge is -2.12. The number of nitrogens with zero attached hydrogens (tertiary/aromatic N) is 3. The summed E-state index contributed by atoms with van der Waals surface area (Å²) >= 11 is 0. The van der Waals surface area contributed by atoms with Crippen molar-refractivity contribution >= 4 is 11.7 Å². The van der Waals surface area contributed by atoms with Crippen molar-refractivity contribution < 1.29 is 14.5 Å². The summed E-state index contributed by atoms with van der Waals surface area (Å²) in [6.07, 6.45) is 3.58. The van der Waals surface area contributed by atoms with Gasteiger partial charge in [-0.05, 0) is 18.6 Å². The Labute approximate surface area is 133 Å². The van der Waals surface area contributed by atoms with Crippen LogP contribution >= 0.6 is 0 Å². The molecule has 0 saturated heterocycles. The number of nitrogens with two attached hydrogens (primary N) is 1. The van der Waals surface area contributed by atoms with E-state index in [0.717, 1.165) is 11.3 Å². The lowest BCUT2D eigenvalue weighted by molar-refractivity contribution is -0.385. The van der Waals surface area contributed by atoms with Gasteiger partial charge < -0.3 is 15.0 Å². The Hall–Kier alpha value is -2.74. The average molecular weight is 318 g/mol. The van der Waals surface area contributed by atoms with Crippen LogP contribution in [0.2, 0.25) is 0 Å². The van der Waals surface area contributed by atoms with E-state index in [2.05, 4.69) is 9.72 Å². The van der Waals surface area contributed by atoms with Gasteiger partial charge in [0.15, 0.2) is 0 Å². The highest BCUT2D eigenvalue weighted by molar-refractivity contribution is 5.75. The highest BCUT2D eigenvalue weighted by Crippen LogP contribution is 2.19. The van der Waals surface area contributed by atoms with Gasteiger partial charge in [-0.25, -0.2) is 4.98 Å². The SMILES string of the molecule is COC(=O)C(N)Cc1cncn1Cc1ccc([N+](=O)[O-])c(C)c1. The molecule has 1 atom stereocenters. The zero-order valence-electron chi connectivity index (χ0n) is 12.9. The second-order valence-electron chi connectivity index (χ2n) is 5.22. The molecule has 2 N–H and O–H groups in total. The maximum Gasteiger partial charge on any atom is 0.323 e. The zero-order valence-corrected chi connectivity index (χ0v) is 12.9. The molecule has 0 saturated carbocycles. The van der Waals surface area contributed by atoms with E-state index in [9.17, 15) is 14.9 Å². The van der Waals surface area contributed by atoms with Gasteiger partial charge in [0, 0.05) is 36.5 Å². The van der Waals surface area contributed by atoms with E-state index in [-0.39, 0.29) is 5.69 Å². The number of nitro benzene ring substituents is 1. The summed E-state index contributed by atoms with van der Waals surface area (Å²) in [5.74, 6) is -0.482. The van der Waals surface area contributed by atoms with Crippen molar-refractivity contribution in [1.29, 1.82) is 0 Å². The van der Waals surface area contributed by atoms with E-state index in [4.69, 9.17) is 5.73 Å². The monoisotopic (exact) mass is 318 g/mol. The van der Waals surface area contributed by atoms with Gasteiger partial charge in [0.1, 0.15) is 6.04 Å². The molecule has 2 rings (SSSR count). The molecule has 1 unspecified atom stereocenters. The molecule has 23 heavy (non-hydrogen) atoms. The molecule has 8 heteroatoms. The Morgan fingerprint density at radius 2 is 2.26 bits per heavy atom. The van der Waals surface area contributed by atoms with Crippen LogP contribution in [-0.2, 0) is 22.5 Å². The quantitative estimate of drug-likeness (QED) is 0.486. The Morgan fingerprint density at radius 3 is 2.87 bits per heavy atom. The molecule has 122 valence electrons. The molecule has 0 aliphatic carbocycles. The number of methoxy groups -OCH3 is 1. The average Bonchev–Trinajstić information content (AvgIpc) is 2.93. The van der Waals surface area contributed by atoms with E-state index in [1.54, 1.807) is 31.6 Å². The van der Waals surface area contributed by atoms with Crippen molar-refractivity contribution in [3.8, 4) is 0 Å². The molecule has 0 aliphatic heterocycles. The first-order valence-corrected chi connectivity index (χ1v) is 6.98. The van der Waals surface area contributed by atoms with Crippen LogP contribution in [-0.4, -0.2) is 33.6 Å². The highest BCUT2D eigenvalue weighted by Gasteiger charge is 2.17. The standard InChI is InChI=1S/C15H18N4O4/c1-10-5-11(3-4-14(10)19(21)22)8-18-9-17-7-12(18)6-13(16)15(20)23-2/h3-5,7,9,13H,6,8,16H2,1-2H3. The fourth-order valence-corrected chi connectivity index (χ4v) is 2.34. The normalized spacial score (nSPS) is 12.0. The van der Waals surface area contributed by atoms with Gasteiger partial charge in [0.05, 0.1) is 18.4 Å². The van der Waals surface area contributed by atoms with Crippen LogP contribution in [0, 0.1) is 17.0 Å². The summed E-state index contributed by atoms with van der Waals surface area (Å²) in [7, 11) is 1.29. The largest absolute Gasteiger partial charge is 0.468 e. The van der Waals surface area contributed by atoms with E-state index in [1.165, 1.54) is 13.2 Å². The van der Waals surface area contributed by atoms with Crippen LogP contribution in [0.1, 0.15) is 16.8 Å². The van der Waals surface area contributed by atoms with Crippen LogP contribution in [0.5, 0.6) is 0 Å². The van der Waals surface area contributed by atoms with Crippen molar-refractivity contribution in [2.75, 3.05) is 7.11 Å². The van der Waals surface area contributed by atoms with Crippen molar-refractivity contribution in [3.05, 3.63) is 57.7 Å². The topological polar surface area (TPSA) is 113 Å². The lowest BCUT2D eigenvalue weighted by Crippen LogP contribution is -2.34. The van der Waals surface area contributed by atoms with Gasteiger partial charge in [0.2, 0.25) is 0 Å². The fourth-order valence-electron chi connectivity index (χ4n) is 2.34. The zero-order chi connectivity index (χ0) is 17.0. The number of nitro groups is 1. The fraction of sp³-hybridized carbons (Fsp3) is 0.333. The van der Waals surface area contributed by atoms with E-state index >= 15 is 0 Å². The van der Waals surface area contributed by atoms with Crippen molar-refractivity contribution in [1.82, 2.24) is 9.55 Å². The van der Waals surface area contributed by atoms with Gasteiger partial charge in [-0.3, -0.25) is 14.9 Å². The lowest BCUT2D eigenvalue weighted by atomic mass is 10.1. The molecular formula is C15H18N4O4. The van der Waals surface area contributed by atoms with Crippen molar-refractivity contribution in [3.63, 3.8) is 0 Å². The van der Waals surface area contributed by atoms with Crippen LogP contribution in [0.3, 0.4) is 0 Å².